The molecule has 0 aliphatic rings. The van der Waals surface area contributed by atoms with Crippen molar-refractivity contribution < 1.29 is 9.72 Å². The van der Waals surface area contributed by atoms with Crippen LogP contribution in [0.5, 0.6) is 0 Å². The zero-order chi connectivity index (χ0) is 19.9. The lowest BCUT2D eigenvalue weighted by atomic mass is 9.90. The van der Waals surface area contributed by atoms with Gasteiger partial charge in [0.25, 0.3) is 5.69 Å². The Morgan fingerprint density at radius 1 is 0.857 bits per heavy atom. The highest BCUT2D eigenvalue weighted by atomic mass is 16.6. The highest BCUT2D eigenvalue weighted by Crippen LogP contribution is 2.25. The van der Waals surface area contributed by atoms with Crippen LogP contribution in [0.3, 0.4) is 0 Å². The van der Waals surface area contributed by atoms with Gasteiger partial charge in [0.05, 0.1) is 10.8 Å². The van der Waals surface area contributed by atoms with E-state index in [-0.39, 0.29) is 23.4 Å². The molecule has 0 spiro atoms. The van der Waals surface area contributed by atoms with E-state index in [2.05, 4.69) is 5.32 Å². The molecule has 0 aliphatic heterocycles. The molecule has 28 heavy (non-hydrogen) atoms. The number of nitrogens with zero attached hydrogens (tertiary/aromatic N) is 1. The lowest BCUT2D eigenvalue weighted by Crippen LogP contribution is -2.32. The number of carbonyl (C=O) groups excluding carboxylic acids is 1. The molecule has 0 aromatic heterocycles. The minimum Gasteiger partial charge on any atom is -0.355 e. The molecule has 0 radical (unpaired) electrons. The Morgan fingerprint density at radius 3 is 1.82 bits per heavy atom. The lowest BCUT2D eigenvalue weighted by molar-refractivity contribution is -0.384. The summed E-state index contributed by atoms with van der Waals surface area (Å²) in [5.74, 6) is -0.408. The van der Waals surface area contributed by atoms with Crippen LogP contribution >= 0.6 is 0 Å². The molecule has 3 aromatic carbocycles. The molecule has 142 valence electrons. The van der Waals surface area contributed by atoms with E-state index in [1.54, 1.807) is 12.1 Å². The topological polar surface area (TPSA) is 72.2 Å². The predicted molar refractivity (Wildman–Crippen MR) is 109 cm³/mol. The SMILES string of the molecule is CC(CNC(=O)C(c1ccccc1)c1ccccc1)c1ccc([N+](=O)[O-])cc1. The molecule has 3 rings (SSSR count). The van der Waals surface area contributed by atoms with Crippen molar-refractivity contribution in [1.82, 2.24) is 5.32 Å². The molecule has 1 unspecified atom stereocenters. The van der Waals surface area contributed by atoms with E-state index in [4.69, 9.17) is 0 Å². The van der Waals surface area contributed by atoms with Crippen LogP contribution in [0.4, 0.5) is 5.69 Å². The summed E-state index contributed by atoms with van der Waals surface area (Å²) in [6, 6.07) is 25.9. The summed E-state index contributed by atoms with van der Waals surface area (Å²) < 4.78 is 0. The van der Waals surface area contributed by atoms with E-state index in [0.29, 0.717) is 6.54 Å². The first-order valence-corrected chi connectivity index (χ1v) is 9.18. The van der Waals surface area contributed by atoms with Gasteiger partial charge in [-0.1, -0.05) is 79.7 Å². The fraction of sp³-hybridized carbons (Fsp3) is 0.174. The van der Waals surface area contributed by atoms with Gasteiger partial charge in [0.2, 0.25) is 5.91 Å². The fourth-order valence-electron chi connectivity index (χ4n) is 3.18. The maximum Gasteiger partial charge on any atom is 0.269 e. The van der Waals surface area contributed by atoms with Crippen molar-refractivity contribution in [2.75, 3.05) is 6.54 Å². The van der Waals surface area contributed by atoms with E-state index < -0.39 is 4.92 Å². The van der Waals surface area contributed by atoms with Gasteiger partial charge in [-0.2, -0.15) is 0 Å². The van der Waals surface area contributed by atoms with Crippen molar-refractivity contribution in [3.05, 3.63) is 112 Å². The maximum atomic E-state index is 13.0. The molecule has 5 heteroatoms. The first-order chi connectivity index (χ1) is 13.6. The van der Waals surface area contributed by atoms with E-state index in [1.165, 1.54) is 12.1 Å². The summed E-state index contributed by atoms with van der Waals surface area (Å²) in [6.07, 6.45) is 0. The number of nitrogens with one attached hydrogen (secondary N) is 1. The Morgan fingerprint density at radius 2 is 1.36 bits per heavy atom. The molecular weight excluding hydrogens is 352 g/mol. The fourth-order valence-corrected chi connectivity index (χ4v) is 3.18. The van der Waals surface area contributed by atoms with Gasteiger partial charge in [-0.25, -0.2) is 0 Å². The summed E-state index contributed by atoms with van der Waals surface area (Å²) in [7, 11) is 0. The van der Waals surface area contributed by atoms with Gasteiger partial charge in [0.15, 0.2) is 0 Å². The van der Waals surface area contributed by atoms with Gasteiger partial charge in [0, 0.05) is 18.7 Å². The monoisotopic (exact) mass is 374 g/mol. The highest BCUT2D eigenvalue weighted by molar-refractivity contribution is 5.87. The van der Waals surface area contributed by atoms with Crippen LogP contribution in [0, 0.1) is 10.1 Å². The minimum atomic E-state index is -0.416. The number of carbonyl (C=O) groups is 1. The van der Waals surface area contributed by atoms with Gasteiger partial charge >= 0.3 is 0 Å². The Balaban J connectivity index is 1.72. The molecule has 0 aliphatic carbocycles. The first-order valence-electron chi connectivity index (χ1n) is 9.18. The third-order valence-corrected chi connectivity index (χ3v) is 4.78. The molecule has 1 N–H and O–H groups in total. The van der Waals surface area contributed by atoms with Crippen LogP contribution in [0.2, 0.25) is 0 Å². The van der Waals surface area contributed by atoms with E-state index in [0.717, 1.165) is 16.7 Å². The van der Waals surface area contributed by atoms with E-state index >= 15 is 0 Å². The standard InChI is InChI=1S/C23H22N2O3/c1-17(18-12-14-21(15-13-18)25(27)28)16-24-23(26)22(19-8-4-2-5-9-19)20-10-6-3-7-11-20/h2-15,17,22H,16H2,1H3,(H,24,26). The van der Waals surface area contributed by atoms with Gasteiger partial charge < -0.3 is 5.32 Å². The summed E-state index contributed by atoms with van der Waals surface area (Å²) in [5, 5.41) is 13.8. The van der Waals surface area contributed by atoms with Crippen LogP contribution in [0.1, 0.15) is 35.4 Å². The molecule has 0 bridgehead atoms. The number of rotatable bonds is 7. The second-order valence-electron chi connectivity index (χ2n) is 6.75. The van der Waals surface area contributed by atoms with Crippen molar-refractivity contribution in [1.29, 1.82) is 0 Å². The van der Waals surface area contributed by atoms with Crippen LogP contribution < -0.4 is 5.32 Å². The first kappa shape index (κ1) is 19.3. The molecular formula is C23H22N2O3. The molecule has 0 saturated carbocycles. The van der Waals surface area contributed by atoms with Crippen LogP contribution in [0.15, 0.2) is 84.9 Å². The Labute approximate surface area is 164 Å². The van der Waals surface area contributed by atoms with Crippen molar-refractivity contribution in [3.8, 4) is 0 Å². The number of hydrogen-bond acceptors (Lipinski definition) is 3. The zero-order valence-corrected chi connectivity index (χ0v) is 15.6. The summed E-state index contributed by atoms with van der Waals surface area (Å²) >= 11 is 0. The normalized spacial score (nSPS) is 11.8. The van der Waals surface area contributed by atoms with Crippen LogP contribution in [-0.4, -0.2) is 17.4 Å². The van der Waals surface area contributed by atoms with E-state index in [9.17, 15) is 14.9 Å². The number of amides is 1. The molecule has 1 amide bonds. The van der Waals surface area contributed by atoms with E-state index in [1.807, 2.05) is 67.6 Å². The van der Waals surface area contributed by atoms with Crippen molar-refractivity contribution in [2.24, 2.45) is 0 Å². The third kappa shape index (κ3) is 4.62. The average molecular weight is 374 g/mol. The second kappa shape index (κ2) is 8.95. The maximum absolute atomic E-state index is 13.0. The average Bonchev–Trinajstić information content (AvgIpc) is 2.74. The van der Waals surface area contributed by atoms with Crippen LogP contribution in [0.25, 0.3) is 0 Å². The number of hydrogen-bond donors (Lipinski definition) is 1. The summed E-state index contributed by atoms with van der Waals surface area (Å²) in [4.78, 5) is 23.4. The van der Waals surface area contributed by atoms with Gasteiger partial charge in [0.1, 0.15) is 0 Å². The second-order valence-corrected chi connectivity index (χ2v) is 6.75. The van der Waals surface area contributed by atoms with Crippen molar-refractivity contribution >= 4 is 11.6 Å². The smallest absolute Gasteiger partial charge is 0.269 e. The van der Waals surface area contributed by atoms with Crippen LogP contribution in [-0.2, 0) is 4.79 Å². The molecule has 0 saturated heterocycles. The van der Waals surface area contributed by atoms with Gasteiger partial charge in [-0.05, 0) is 22.6 Å². The number of nitro groups is 1. The Kier molecular flexibility index (Phi) is 6.17. The predicted octanol–water partition coefficient (Wildman–Crippen LogP) is 4.65. The van der Waals surface area contributed by atoms with Gasteiger partial charge in [-0.3, -0.25) is 14.9 Å². The molecule has 5 nitrogen and oxygen atoms in total. The largest absolute Gasteiger partial charge is 0.355 e. The zero-order valence-electron chi connectivity index (χ0n) is 15.6. The molecule has 3 aromatic rings. The highest BCUT2D eigenvalue weighted by Gasteiger charge is 2.23. The minimum absolute atomic E-state index is 0.0388. The molecule has 1 atom stereocenters. The third-order valence-electron chi connectivity index (χ3n) is 4.78. The summed E-state index contributed by atoms with van der Waals surface area (Å²) in [5.41, 5.74) is 2.89. The Hall–Kier alpha value is -3.47. The molecule has 0 heterocycles. The van der Waals surface area contributed by atoms with Crippen molar-refractivity contribution in [3.63, 3.8) is 0 Å². The number of benzene rings is 3. The van der Waals surface area contributed by atoms with Crippen molar-refractivity contribution in [2.45, 2.75) is 18.8 Å². The van der Waals surface area contributed by atoms with Gasteiger partial charge in [-0.15, -0.1) is 0 Å². The summed E-state index contributed by atoms with van der Waals surface area (Å²) in [6.45, 7) is 2.44. The Bertz CT molecular complexity index is 886. The quantitative estimate of drug-likeness (QED) is 0.483. The molecule has 0 fully saturated rings. The lowest BCUT2D eigenvalue weighted by Gasteiger charge is -2.20. The number of nitro benzene ring substituents is 1. The number of non-ortho nitro benzene ring substituents is 1.